The molecule has 4 aliphatic rings. The molecule has 0 radical (unpaired) electrons. The van der Waals surface area contributed by atoms with Crippen molar-refractivity contribution in [3.8, 4) is 0 Å². The SMILES string of the molecule is CCn1ncc(C=C2C[C@H]3[C@@H]4CCC5CCCC[C@]5(C)[C@H]4CC[C@]3(C)C2O)c1C. The van der Waals surface area contributed by atoms with Crippen LogP contribution in [0.4, 0.5) is 0 Å². The van der Waals surface area contributed by atoms with Gasteiger partial charge in [-0.2, -0.15) is 5.10 Å². The van der Waals surface area contributed by atoms with Crippen LogP contribution in [0.1, 0.15) is 89.8 Å². The summed E-state index contributed by atoms with van der Waals surface area (Å²) in [5, 5.41) is 16.0. The molecule has 7 atom stereocenters. The Morgan fingerprint density at radius 3 is 2.69 bits per heavy atom. The molecule has 0 aliphatic heterocycles. The minimum atomic E-state index is -0.283. The zero-order valence-electron chi connectivity index (χ0n) is 19.0. The molecular formula is C26H40N2O. The minimum Gasteiger partial charge on any atom is -0.388 e. The van der Waals surface area contributed by atoms with Crippen molar-refractivity contribution in [1.29, 1.82) is 0 Å². The molecule has 3 nitrogen and oxygen atoms in total. The number of aryl methyl sites for hydroxylation is 1. The molecule has 1 aromatic rings. The predicted molar refractivity (Wildman–Crippen MR) is 118 cm³/mol. The van der Waals surface area contributed by atoms with Crippen molar-refractivity contribution in [2.75, 3.05) is 0 Å². The average Bonchev–Trinajstić information content (AvgIpc) is 3.19. The highest BCUT2D eigenvalue weighted by atomic mass is 16.3. The van der Waals surface area contributed by atoms with Crippen LogP contribution < -0.4 is 0 Å². The van der Waals surface area contributed by atoms with E-state index in [1.54, 1.807) is 0 Å². The van der Waals surface area contributed by atoms with E-state index in [0.717, 1.165) is 30.7 Å². The third-order valence-electron chi connectivity index (χ3n) is 10.2. The first-order valence-corrected chi connectivity index (χ1v) is 12.3. The molecule has 4 saturated carbocycles. The number of aliphatic hydroxyl groups excluding tert-OH is 1. The molecule has 1 heterocycles. The maximum absolute atomic E-state index is 11.5. The van der Waals surface area contributed by atoms with Crippen molar-refractivity contribution in [2.45, 2.75) is 98.1 Å². The molecule has 4 fully saturated rings. The molecule has 4 aliphatic carbocycles. The summed E-state index contributed by atoms with van der Waals surface area (Å²) in [6, 6.07) is 0. The second-order valence-corrected chi connectivity index (χ2v) is 11.3. The lowest BCUT2D eigenvalue weighted by atomic mass is 9.45. The molecule has 0 amide bonds. The Hall–Kier alpha value is -1.09. The van der Waals surface area contributed by atoms with Crippen LogP contribution in [0.15, 0.2) is 11.8 Å². The highest BCUT2D eigenvalue weighted by molar-refractivity contribution is 5.57. The number of aromatic nitrogens is 2. The summed E-state index contributed by atoms with van der Waals surface area (Å²) in [7, 11) is 0. The number of fused-ring (bicyclic) bond motifs is 5. The molecule has 0 bridgehead atoms. The van der Waals surface area contributed by atoms with Crippen molar-refractivity contribution in [3.05, 3.63) is 23.0 Å². The van der Waals surface area contributed by atoms with Gasteiger partial charge in [-0.15, -0.1) is 0 Å². The molecule has 1 N–H and O–H groups in total. The molecule has 0 saturated heterocycles. The number of aliphatic hydroxyl groups is 1. The Morgan fingerprint density at radius 1 is 1.10 bits per heavy atom. The summed E-state index contributed by atoms with van der Waals surface area (Å²) in [5.41, 5.74) is 4.33. The van der Waals surface area contributed by atoms with Crippen LogP contribution in [0.25, 0.3) is 6.08 Å². The fourth-order valence-electron chi connectivity index (χ4n) is 8.42. The second kappa shape index (κ2) is 6.97. The molecule has 29 heavy (non-hydrogen) atoms. The molecule has 2 unspecified atom stereocenters. The van der Waals surface area contributed by atoms with Crippen LogP contribution in [0.5, 0.6) is 0 Å². The summed E-state index contributed by atoms with van der Waals surface area (Å²) in [5.74, 6) is 3.32. The van der Waals surface area contributed by atoms with E-state index in [9.17, 15) is 5.11 Å². The zero-order chi connectivity index (χ0) is 20.4. The summed E-state index contributed by atoms with van der Waals surface area (Å²) in [4.78, 5) is 0. The first kappa shape index (κ1) is 19.8. The van der Waals surface area contributed by atoms with Crippen LogP contribution >= 0.6 is 0 Å². The third-order valence-corrected chi connectivity index (χ3v) is 10.2. The lowest BCUT2D eigenvalue weighted by Gasteiger charge is -2.60. The lowest BCUT2D eigenvalue weighted by Crippen LogP contribution is -2.53. The lowest BCUT2D eigenvalue weighted by molar-refractivity contribution is -0.119. The highest BCUT2D eigenvalue weighted by Crippen LogP contribution is 2.67. The molecule has 160 valence electrons. The van der Waals surface area contributed by atoms with E-state index in [1.807, 2.05) is 6.20 Å². The largest absolute Gasteiger partial charge is 0.388 e. The quantitative estimate of drug-likeness (QED) is 0.666. The topological polar surface area (TPSA) is 38.0 Å². The van der Waals surface area contributed by atoms with Crippen molar-refractivity contribution >= 4 is 6.08 Å². The fourth-order valence-corrected chi connectivity index (χ4v) is 8.42. The van der Waals surface area contributed by atoms with Gasteiger partial charge in [0, 0.05) is 23.2 Å². The monoisotopic (exact) mass is 396 g/mol. The molecule has 5 rings (SSSR count). The van der Waals surface area contributed by atoms with Crippen LogP contribution in [0, 0.1) is 41.4 Å². The molecular weight excluding hydrogens is 356 g/mol. The Morgan fingerprint density at radius 2 is 1.93 bits per heavy atom. The van der Waals surface area contributed by atoms with Gasteiger partial charge in [-0.25, -0.2) is 0 Å². The maximum atomic E-state index is 11.5. The fraction of sp³-hybridized carbons (Fsp3) is 0.808. The van der Waals surface area contributed by atoms with E-state index in [0.29, 0.717) is 11.3 Å². The van der Waals surface area contributed by atoms with E-state index in [1.165, 1.54) is 68.2 Å². The van der Waals surface area contributed by atoms with Crippen molar-refractivity contribution < 1.29 is 5.11 Å². The molecule has 3 heteroatoms. The van der Waals surface area contributed by atoms with E-state index in [4.69, 9.17) is 0 Å². The first-order valence-electron chi connectivity index (χ1n) is 12.3. The van der Waals surface area contributed by atoms with Gasteiger partial charge in [-0.3, -0.25) is 4.68 Å². The maximum Gasteiger partial charge on any atom is 0.0809 e. The summed E-state index contributed by atoms with van der Waals surface area (Å²) in [6.45, 7) is 10.2. The minimum absolute atomic E-state index is 0.0690. The van der Waals surface area contributed by atoms with Crippen LogP contribution in [-0.2, 0) is 6.54 Å². The summed E-state index contributed by atoms with van der Waals surface area (Å²) < 4.78 is 2.06. The van der Waals surface area contributed by atoms with Gasteiger partial charge < -0.3 is 5.11 Å². The Bertz CT molecular complexity index is 810. The van der Waals surface area contributed by atoms with E-state index in [-0.39, 0.29) is 11.5 Å². The van der Waals surface area contributed by atoms with Gasteiger partial charge in [0.05, 0.1) is 12.3 Å². The first-order chi connectivity index (χ1) is 13.9. The summed E-state index contributed by atoms with van der Waals surface area (Å²) in [6.07, 6.45) is 16.3. The van der Waals surface area contributed by atoms with Gasteiger partial charge in [-0.05, 0) is 99.5 Å². The van der Waals surface area contributed by atoms with Crippen LogP contribution in [-0.4, -0.2) is 21.0 Å². The molecule has 0 spiro atoms. The predicted octanol–water partition coefficient (Wildman–Crippen LogP) is 6.00. The Labute approximate surface area is 177 Å². The van der Waals surface area contributed by atoms with Crippen LogP contribution in [0.2, 0.25) is 0 Å². The van der Waals surface area contributed by atoms with Gasteiger partial charge in [-0.1, -0.05) is 26.7 Å². The van der Waals surface area contributed by atoms with Gasteiger partial charge in [0.2, 0.25) is 0 Å². The highest BCUT2D eigenvalue weighted by Gasteiger charge is 2.60. The Balaban J connectivity index is 1.45. The number of hydrogen-bond donors (Lipinski definition) is 1. The average molecular weight is 397 g/mol. The van der Waals surface area contributed by atoms with Crippen molar-refractivity contribution in [1.82, 2.24) is 9.78 Å². The van der Waals surface area contributed by atoms with Crippen molar-refractivity contribution in [3.63, 3.8) is 0 Å². The van der Waals surface area contributed by atoms with Gasteiger partial charge in [0.15, 0.2) is 0 Å². The Kier molecular flexibility index (Phi) is 4.77. The number of hydrogen-bond acceptors (Lipinski definition) is 2. The zero-order valence-corrected chi connectivity index (χ0v) is 19.0. The number of rotatable bonds is 2. The number of nitrogens with zero attached hydrogens (tertiary/aromatic N) is 2. The smallest absolute Gasteiger partial charge is 0.0809 e. The van der Waals surface area contributed by atoms with Crippen LogP contribution in [0.3, 0.4) is 0 Å². The van der Waals surface area contributed by atoms with E-state index >= 15 is 0 Å². The van der Waals surface area contributed by atoms with Gasteiger partial charge in [0.1, 0.15) is 0 Å². The van der Waals surface area contributed by atoms with Gasteiger partial charge >= 0.3 is 0 Å². The third kappa shape index (κ3) is 2.82. The second-order valence-electron chi connectivity index (χ2n) is 11.3. The molecule has 1 aromatic heterocycles. The van der Waals surface area contributed by atoms with Gasteiger partial charge in [0.25, 0.3) is 0 Å². The van der Waals surface area contributed by atoms with E-state index < -0.39 is 0 Å². The normalized spacial score (nSPS) is 45.7. The summed E-state index contributed by atoms with van der Waals surface area (Å²) >= 11 is 0. The standard InChI is InChI=1S/C26H40N2O/c1-5-28-17(2)19(16-27-28)14-18-15-23-21-10-9-20-8-6-7-12-25(20,3)22(21)11-13-26(23,4)24(18)29/h14,16,20-24,29H,5-13,15H2,1-4H3/t20?,21-,22+,23+,24?,25+,26+/m1/s1. The molecule has 0 aromatic carbocycles. The van der Waals surface area contributed by atoms with Crippen molar-refractivity contribution in [2.24, 2.45) is 34.5 Å². The van der Waals surface area contributed by atoms with E-state index in [2.05, 4.69) is 43.6 Å².